The minimum atomic E-state index is -0.621. The van der Waals surface area contributed by atoms with Crippen LogP contribution in [0.1, 0.15) is 23.9 Å². The molecule has 2 aromatic rings. The lowest BCUT2D eigenvalue weighted by Gasteiger charge is -2.24. The maximum atomic E-state index is 12.3. The van der Waals surface area contributed by atoms with Crippen LogP contribution in [0.5, 0.6) is 0 Å². The highest BCUT2D eigenvalue weighted by Gasteiger charge is 2.34. The topological polar surface area (TPSA) is 118 Å². The summed E-state index contributed by atoms with van der Waals surface area (Å²) in [5, 5.41) is 10.9. The summed E-state index contributed by atoms with van der Waals surface area (Å²) in [6.07, 6.45) is 0.147. The summed E-state index contributed by atoms with van der Waals surface area (Å²) >= 11 is 1.11. The summed E-state index contributed by atoms with van der Waals surface area (Å²) in [5.74, 6) is -0.817. The first-order valence-electron chi connectivity index (χ1n) is 8.93. The van der Waals surface area contributed by atoms with Crippen LogP contribution in [0.25, 0.3) is 0 Å². The minimum absolute atomic E-state index is 0.106. The highest BCUT2D eigenvalue weighted by atomic mass is 32.2. The first-order chi connectivity index (χ1) is 13.7. The molecule has 0 bridgehead atoms. The van der Waals surface area contributed by atoms with Gasteiger partial charge in [0.25, 0.3) is 5.22 Å². The van der Waals surface area contributed by atoms with Crippen LogP contribution in [0, 0.1) is 19.8 Å². The van der Waals surface area contributed by atoms with Gasteiger partial charge in [0.05, 0.1) is 11.7 Å². The Morgan fingerprint density at radius 1 is 1.21 bits per heavy atom. The van der Waals surface area contributed by atoms with Crippen molar-refractivity contribution in [3.8, 4) is 0 Å². The summed E-state index contributed by atoms with van der Waals surface area (Å²) < 4.78 is 5.53. The lowest BCUT2D eigenvalue weighted by molar-refractivity contribution is -0.129. The fourth-order valence-electron chi connectivity index (χ4n) is 2.74. The third-order valence-corrected chi connectivity index (χ3v) is 5.45. The normalized spacial score (nSPS) is 16.8. The van der Waals surface area contributed by atoms with Gasteiger partial charge in [0.15, 0.2) is 0 Å². The van der Waals surface area contributed by atoms with Gasteiger partial charge in [-0.15, -0.1) is 10.2 Å². The molecule has 1 N–H and O–H groups in total. The van der Waals surface area contributed by atoms with Gasteiger partial charge < -0.3 is 9.73 Å². The number of carbonyl (C=O) groups is 3. The highest BCUT2D eigenvalue weighted by molar-refractivity contribution is 7.99. The molecule has 152 valence electrons. The van der Waals surface area contributed by atoms with E-state index in [1.54, 1.807) is 6.92 Å². The standard InChI is InChI=1S/C19H21N5O4S/c1-10-5-6-13(7-11(10)2)21-15(25)9-29-19-23-22-16(28-19)8-14-12(3)20-18(27)24(4)17(14)26/h5-7,14H,8-9H2,1-4H3,(H,21,25). The third kappa shape index (κ3) is 4.89. The molecule has 0 spiro atoms. The smallest absolute Gasteiger partial charge is 0.349 e. The molecule has 0 saturated heterocycles. The SMILES string of the molecule is CC1=NC(=O)N(C)C(=O)C1Cc1nnc(SCC(=O)Nc2ccc(C)c(C)c2)o1. The molecule has 1 aliphatic heterocycles. The zero-order valence-corrected chi connectivity index (χ0v) is 17.4. The second-order valence-electron chi connectivity index (χ2n) is 6.79. The number of benzene rings is 1. The summed E-state index contributed by atoms with van der Waals surface area (Å²) in [6, 6.07) is 5.13. The van der Waals surface area contributed by atoms with Crippen LogP contribution in [0.2, 0.25) is 0 Å². The van der Waals surface area contributed by atoms with Gasteiger partial charge in [0.2, 0.25) is 17.7 Å². The molecular formula is C19H21N5O4S. The second-order valence-corrected chi connectivity index (χ2v) is 7.71. The monoisotopic (exact) mass is 415 g/mol. The van der Waals surface area contributed by atoms with E-state index in [1.165, 1.54) is 7.05 Å². The van der Waals surface area contributed by atoms with Gasteiger partial charge in [-0.25, -0.2) is 9.79 Å². The first kappa shape index (κ1) is 20.7. The Hall–Kier alpha value is -3.01. The first-order valence-corrected chi connectivity index (χ1v) is 9.92. The molecule has 1 aromatic carbocycles. The molecule has 3 rings (SSSR count). The average Bonchev–Trinajstić information content (AvgIpc) is 3.12. The van der Waals surface area contributed by atoms with Gasteiger partial charge >= 0.3 is 6.03 Å². The van der Waals surface area contributed by atoms with E-state index in [9.17, 15) is 14.4 Å². The van der Waals surface area contributed by atoms with E-state index in [0.717, 1.165) is 33.5 Å². The summed E-state index contributed by atoms with van der Waals surface area (Å²) in [7, 11) is 1.39. The van der Waals surface area contributed by atoms with Crippen molar-refractivity contribution in [3.63, 3.8) is 0 Å². The molecule has 1 aromatic heterocycles. The average molecular weight is 415 g/mol. The van der Waals surface area contributed by atoms with E-state index >= 15 is 0 Å². The van der Waals surface area contributed by atoms with Crippen LogP contribution in [0.15, 0.2) is 32.8 Å². The third-order valence-electron chi connectivity index (χ3n) is 4.64. The number of anilines is 1. The molecule has 2 heterocycles. The van der Waals surface area contributed by atoms with E-state index in [-0.39, 0.29) is 35.1 Å². The Kier molecular flexibility index (Phi) is 6.12. The quantitative estimate of drug-likeness (QED) is 0.721. The predicted octanol–water partition coefficient (Wildman–Crippen LogP) is 2.63. The predicted molar refractivity (Wildman–Crippen MR) is 108 cm³/mol. The number of amides is 4. The maximum Gasteiger partial charge on any atom is 0.349 e. The van der Waals surface area contributed by atoms with Crippen molar-refractivity contribution in [1.82, 2.24) is 15.1 Å². The number of hydrogen-bond donors (Lipinski definition) is 1. The summed E-state index contributed by atoms with van der Waals surface area (Å²) in [4.78, 5) is 40.8. The van der Waals surface area contributed by atoms with Gasteiger partial charge in [-0.2, -0.15) is 0 Å². The molecule has 1 aliphatic rings. The van der Waals surface area contributed by atoms with E-state index in [4.69, 9.17) is 4.42 Å². The van der Waals surface area contributed by atoms with Crippen LogP contribution in [-0.2, 0) is 16.0 Å². The van der Waals surface area contributed by atoms with Gasteiger partial charge in [0, 0.05) is 24.9 Å². The van der Waals surface area contributed by atoms with Crippen molar-refractivity contribution < 1.29 is 18.8 Å². The van der Waals surface area contributed by atoms with Crippen LogP contribution < -0.4 is 5.32 Å². The molecule has 9 nitrogen and oxygen atoms in total. The Bertz CT molecular complexity index is 1000. The number of aromatic nitrogens is 2. The fraction of sp³-hybridized carbons (Fsp3) is 0.368. The van der Waals surface area contributed by atoms with Crippen LogP contribution in [-0.4, -0.2) is 51.5 Å². The summed E-state index contributed by atoms with van der Waals surface area (Å²) in [6.45, 7) is 5.61. The van der Waals surface area contributed by atoms with Crippen LogP contribution in [0.4, 0.5) is 10.5 Å². The molecule has 0 aliphatic carbocycles. The number of carbonyl (C=O) groups excluding carboxylic acids is 3. The van der Waals surface area contributed by atoms with E-state index < -0.39 is 11.9 Å². The van der Waals surface area contributed by atoms with Gasteiger partial charge in [0.1, 0.15) is 0 Å². The van der Waals surface area contributed by atoms with Crippen LogP contribution >= 0.6 is 11.8 Å². The molecule has 0 radical (unpaired) electrons. The van der Waals surface area contributed by atoms with Crippen LogP contribution in [0.3, 0.4) is 0 Å². The minimum Gasteiger partial charge on any atom is -0.416 e. The number of nitrogens with one attached hydrogen (secondary N) is 1. The van der Waals surface area contributed by atoms with Crippen molar-refractivity contribution in [2.24, 2.45) is 10.9 Å². The zero-order valence-electron chi connectivity index (χ0n) is 16.6. The van der Waals surface area contributed by atoms with Gasteiger partial charge in [-0.3, -0.25) is 14.5 Å². The molecule has 1 unspecified atom stereocenters. The van der Waals surface area contributed by atoms with E-state index in [1.807, 2.05) is 32.0 Å². The molecular weight excluding hydrogens is 394 g/mol. The number of thioether (sulfide) groups is 1. The molecule has 1 atom stereocenters. The molecule has 10 heteroatoms. The summed E-state index contributed by atoms with van der Waals surface area (Å²) in [5.41, 5.74) is 3.40. The molecule has 4 amide bonds. The fourth-order valence-corrected chi connectivity index (χ4v) is 3.32. The number of imide groups is 1. The number of aliphatic imine (C=N–C) groups is 1. The van der Waals surface area contributed by atoms with Crippen molar-refractivity contribution in [1.29, 1.82) is 0 Å². The highest BCUT2D eigenvalue weighted by Crippen LogP contribution is 2.22. The lowest BCUT2D eigenvalue weighted by Crippen LogP contribution is -2.44. The number of hydrogen-bond acceptors (Lipinski definition) is 7. The Labute approximate surface area is 172 Å². The maximum absolute atomic E-state index is 12.3. The molecule has 29 heavy (non-hydrogen) atoms. The molecule has 0 fully saturated rings. The molecule has 0 saturated carbocycles. The van der Waals surface area contributed by atoms with Gasteiger partial charge in [-0.1, -0.05) is 17.8 Å². The van der Waals surface area contributed by atoms with Crippen molar-refractivity contribution >= 4 is 41.0 Å². The number of nitrogens with zero attached hydrogens (tertiary/aromatic N) is 4. The van der Waals surface area contributed by atoms with Crippen molar-refractivity contribution in [2.45, 2.75) is 32.4 Å². The largest absolute Gasteiger partial charge is 0.416 e. The van der Waals surface area contributed by atoms with Crippen molar-refractivity contribution in [3.05, 3.63) is 35.2 Å². The number of urea groups is 1. The lowest BCUT2D eigenvalue weighted by atomic mass is 9.97. The van der Waals surface area contributed by atoms with Crippen molar-refractivity contribution in [2.75, 3.05) is 18.1 Å². The van der Waals surface area contributed by atoms with Gasteiger partial charge in [-0.05, 0) is 44.0 Å². The zero-order chi connectivity index (χ0) is 21.1. The number of rotatable bonds is 6. The Morgan fingerprint density at radius 3 is 2.69 bits per heavy atom. The Morgan fingerprint density at radius 2 is 1.97 bits per heavy atom. The number of aryl methyl sites for hydroxylation is 2. The Balaban J connectivity index is 1.55. The second kappa shape index (κ2) is 8.56. The van der Waals surface area contributed by atoms with E-state index in [2.05, 4.69) is 20.5 Å². The van der Waals surface area contributed by atoms with E-state index in [0.29, 0.717) is 5.71 Å².